The highest BCUT2D eigenvalue weighted by Gasteiger charge is 2.26. The van der Waals surface area contributed by atoms with E-state index in [-0.39, 0.29) is 17.8 Å². The first-order chi connectivity index (χ1) is 11.2. The van der Waals surface area contributed by atoms with Crippen LogP contribution in [0.4, 0.5) is 14.9 Å². The fraction of sp³-hybridized carbons (Fsp3) is 0.375. The Morgan fingerprint density at radius 2 is 2.39 bits per heavy atom. The summed E-state index contributed by atoms with van der Waals surface area (Å²) in [5.74, 6) is 0.820. The molecule has 2 N–H and O–H groups in total. The lowest BCUT2D eigenvalue weighted by atomic mass is 9.98. The van der Waals surface area contributed by atoms with E-state index in [4.69, 9.17) is 0 Å². The summed E-state index contributed by atoms with van der Waals surface area (Å²) in [4.78, 5) is 22.1. The molecule has 2 aromatic rings. The molecule has 0 spiro atoms. The molecule has 0 bridgehead atoms. The number of hydrogen-bond acceptors (Lipinski definition) is 3. The minimum absolute atomic E-state index is 0.197. The van der Waals surface area contributed by atoms with E-state index in [2.05, 4.69) is 15.3 Å². The first-order valence-corrected chi connectivity index (χ1v) is 8.78. The Morgan fingerprint density at radius 3 is 3.09 bits per heavy atom. The van der Waals surface area contributed by atoms with Crippen LogP contribution in [0.3, 0.4) is 0 Å². The molecule has 7 heteroatoms. The molecule has 0 aliphatic carbocycles. The van der Waals surface area contributed by atoms with Gasteiger partial charge in [0.15, 0.2) is 0 Å². The van der Waals surface area contributed by atoms with E-state index in [0.717, 1.165) is 18.7 Å². The average Bonchev–Trinajstić information content (AvgIpc) is 3.10. The van der Waals surface area contributed by atoms with Crippen molar-refractivity contribution < 1.29 is 9.18 Å². The standard InChI is InChI=1S/C16H19FN4OS/c1-23-14-5-4-12(9-13(14)17)20-16(22)21-8-2-3-11(10-21)15-18-6-7-19-15/h4-7,9,11H,2-3,8,10H2,1H3,(H,18,19)(H,20,22). The lowest BCUT2D eigenvalue weighted by Crippen LogP contribution is -2.41. The number of amides is 2. The Morgan fingerprint density at radius 1 is 1.52 bits per heavy atom. The van der Waals surface area contributed by atoms with Crippen LogP contribution in [0.25, 0.3) is 0 Å². The molecule has 2 amide bonds. The largest absolute Gasteiger partial charge is 0.348 e. The SMILES string of the molecule is CSc1ccc(NC(=O)N2CCCC(c3ncc[nH]3)C2)cc1F. The summed E-state index contributed by atoms with van der Waals surface area (Å²) in [6.45, 7) is 1.32. The Balaban J connectivity index is 1.64. The van der Waals surface area contributed by atoms with Crippen molar-refractivity contribution in [3.05, 3.63) is 42.2 Å². The van der Waals surface area contributed by atoms with Crippen molar-refractivity contribution in [2.75, 3.05) is 24.7 Å². The lowest BCUT2D eigenvalue weighted by Gasteiger charge is -2.31. The summed E-state index contributed by atoms with van der Waals surface area (Å²) < 4.78 is 13.8. The van der Waals surface area contributed by atoms with Gasteiger partial charge in [-0.25, -0.2) is 14.2 Å². The third-order valence-electron chi connectivity index (χ3n) is 4.02. The number of H-pyrrole nitrogens is 1. The topological polar surface area (TPSA) is 61.0 Å². The molecule has 1 saturated heterocycles. The Labute approximate surface area is 138 Å². The maximum Gasteiger partial charge on any atom is 0.321 e. The number of imidazole rings is 1. The number of piperidine rings is 1. The lowest BCUT2D eigenvalue weighted by molar-refractivity contribution is 0.191. The van der Waals surface area contributed by atoms with Crippen LogP contribution in [0.15, 0.2) is 35.5 Å². The van der Waals surface area contributed by atoms with Crippen molar-refractivity contribution >= 4 is 23.5 Å². The van der Waals surface area contributed by atoms with Crippen LogP contribution < -0.4 is 5.32 Å². The molecular weight excluding hydrogens is 315 g/mol. The van der Waals surface area contributed by atoms with E-state index in [9.17, 15) is 9.18 Å². The molecule has 1 aliphatic rings. The molecule has 1 unspecified atom stereocenters. The maximum atomic E-state index is 13.8. The molecule has 1 aliphatic heterocycles. The molecule has 5 nitrogen and oxygen atoms in total. The number of anilines is 1. The zero-order valence-corrected chi connectivity index (χ0v) is 13.7. The number of hydrogen-bond donors (Lipinski definition) is 2. The fourth-order valence-electron chi connectivity index (χ4n) is 2.83. The predicted molar refractivity (Wildman–Crippen MR) is 89.3 cm³/mol. The van der Waals surface area contributed by atoms with Crippen LogP contribution in [0.1, 0.15) is 24.6 Å². The van der Waals surface area contributed by atoms with Gasteiger partial charge in [-0.1, -0.05) is 0 Å². The van der Waals surface area contributed by atoms with Gasteiger partial charge in [0.1, 0.15) is 11.6 Å². The molecule has 0 saturated carbocycles. The molecule has 3 rings (SSSR count). The first kappa shape index (κ1) is 15.9. The molecular formula is C16H19FN4OS. The summed E-state index contributed by atoms with van der Waals surface area (Å²) >= 11 is 1.34. The fourth-order valence-corrected chi connectivity index (χ4v) is 3.29. The predicted octanol–water partition coefficient (Wildman–Crippen LogP) is 3.68. The van der Waals surface area contributed by atoms with Crippen molar-refractivity contribution in [2.24, 2.45) is 0 Å². The maximum absolute atomic E-state index is 13.8. The molecule has 2 heterocycles. The van der Waals surface area contributed by atoms with Crippen LogP contribution in [0.5, 0.6) is 0 Å². The van der Waals surface area contributed by atoms with Crippen LogP contribution in [-0.4, -0.2) is 40.2 Å². The Kier molecular flexibility index (Phi) is 4.85. The van der Waals surface area contributed by atoms with E-state index < -0.39 is 0 Å². The van der Waals surface area contributed by atoms with Gasteiger partial charge in [0.2, 0.25) is 0 Å². The number of urea groups is 1. The van der Waals surface area contributed by atoms with Crippen LogP contribution in [0, 0.1) is 5.82 Å². The quantitative estimate of drug-likeness (QED) is 0.842. The number of thioether (sulfide) groups is 1. The Hall–Kier alpha value is -2.02. The minimum atomic E-state index is -0.317. The highest BCUT2D eigenvalue weighted by Crippen LogP contribution is 2.26. The third kappa shape index (κ3) is 3.67. The van der Waals surface area contributed by atoms with Gasteiger partial charge >= 0.3 is 6.03 Å². The van der Waals surface area contributed by atoms with Gasteiger partial charge in [-0.3, -0.25) is 0 Å². The van der Waals surface area contributed by atoms with Gasteiger partial charge in [-0.15, -0.1) is 11.8 Å². The van der Waals surface area contributed by atoms with Crippen molar-refractivity contribution in [1.29, 1.82) is 0 Å². The summed E-state index contributed by atoms with van der Waals surface area (Å²) in [6, 6.07) is 4.56. The zero-order valence-electron chi connectivity index (χ0n) is 12.9. The second-order valence-corrected chi connectivity index (χ2v) is 6.39. The molecule has 1 aromatic heterocycles. The van der Waals surface area contributed by atoms with Gasteiger partial charge in [0.05, 0.1) is 0 Å². The number of nitrogens with zero attached hydrogens (tertiary/aromatic N) is 2. The van der Waals surface area contributed by atoms with Gasteiger partial charge in [-0.2, -0.15) is 0 Å². The van der Waals surface area contributed by atoms with Crippen molar-refractivity contribution in [3.63, 3.8) is 0 Å². The second-order valence-electron chi connectivity index (χ2n) is 5.54. The molecule has 1 atom stereocenters. The summed E-state index contributed by atoms with van der Waals surface area (Å²) in [7, 11) is 0. The van der Waals surface area contributed by atoms with Crippen LogP contribution >= 0.6 is 11.8 Å². The number of likely N-dealkylation sites (tertiary alicyclic amines) is 1. The molecule has 23 heavy (non-hydrogen) atoms. The van der Waals surface area contributed by atoms with Crippen molar-refractivity contribution in [2.45, 2.75) is 23.7 Å². The average molecular weight is 334 g/mol. The zero-order chi connectivity index (χ0) is 16.2. The van der Waals surface area contributed by atoms with Crippen molar-refractivity contribution in [3.8, 4) is 0 Å². The number of aromatic nitrogens is 2. The van der Waals surface area contributed by atoms with Gasteiger partial charge < -0.3 is 15.2 Å². The summed E-state index contributed by atoms with van der Waals surface area (Å²) in [5.41, 5.74) is 0.477. The number of carbonyl (C=O) groups is 1. The van der Waals surface area contributed by atoms with E-state index >= 15 is 0 Å². The van der Waals surface area contributed by atoms with E-state index in [1.165, 1.54) is 17.8 Å². The van der Waals surface area contributed by atoms with E-state index in [1.807, 2.05) is 6.26 Å². The second kappa shape index (κ2) is 7.04. The monoisotopic (exact) mass is 334 g/mol. The van der Waals surface area contributed by atoms with Crippen LogP contribution in [-0.2, 0) is 0 Å². The number of nitrogens with one attached hydrogen (secondary N) is 2. The third-order valence-corrected chi connectivity index (χ3v) is 4.79. The molecule has 0 radical (unpaired) electrons. The van der Waals surface area contributed by atoms with Crippen molar-refractivity contribution in [1.82, 2.24) is 14.9 Å². The normalized spacial score (nSPS) is 18.0. The summed E-state index contributed by atoms with van der Waals surface area (Å²) in [5, 5.41) is 2.78. The molecule has 1 aromatic carbocycles. The van der Waals surface area contributed by atoms with Gasteiger partial charge in [-0.05, 0) is 37.3 Å². The van der Waals surface area contributed by atoms with E-state index in [1.54, 1.807) is 29.4 Å². The van der Waals surface area contributed by atoms with Gasteiger partial charge in [0.25, 0.3) is 0 Å². The smallest absolute Gasteiger partial charge is 0.321 e. The number of rotatable bonds is 3. The minimum Gasteiger partial charge on any atom is -0.348 e. The highest BCUT2D eigenvalue weighted by atomic mass is 32.2. The summed E-state index contributed by atoms with van der Waals surface area (Å²) in [6.07, 6.45) is 7.28. The number of carbonyl (C=O) groups excluding carboxylic acids is 1. The molecule has 122 valence electrons. The number of halogens is 1. The molecule has 1 fully saturated rings. The number of aromatic amines is 1. The van der Waals surface area contributed by atoms with E-state index in [0.29, 0.717) is 23.7 Å². The first-order valence-electron chi connectivity index (χ1n) is 7.56. The van der Waals surface area contributed by atoms with Gasteiger partial charge in [0, 0.05) is 42.0 Å². The highest BCUT2D eigenvalue weighted by molar-refractivity contribution is 7.98. The number of benzene rings is 1. The van der Waals surface area contributed by atoms with Crippen LogP contribution in [0.2, 0.25) is 0 Å². The Bertz CT molecular complexity index is 677.